The monoisotopic (exact) mass is 353 g/mol. The van der Waals surface area contributed by atoms with E-state index in [0.717, 1.165) is 24.8 Å². The van der Waals surface area contributed by atoms with E-state index in [4.69, 9.17) is 21.1 Å². The van der Waals surface area contributed by atoms with Gasteiger partial charge in [0.25, 0.3) is 5.91 Å². The highest BCUT2D eigenvalue weighted by molar-refractivity contribution is 6.30. The Morgan fingerprint density at radius 3 is 2.71 bits per heavy atom. The molecule has 1 aliphatic rings. The molecule has 1 aliphatic carbocycles. The summed E-state index contributed by atoms with van der Waals surface area (Å²) in [6.07, 6.45) is 4.45. The van der Waals surface area contributed by atoms with Gasteiger partial charge in [0.1, 0.15) is 5.75 Å². The van der Waals surface area contributed by atoms with Gasteiger partial charge in [0, 0.05) is 11.1 Å². The maximum absolute atomic E-state index is 11.9. The van der Waals surface area contributed by atoms with Crippen molar-refractivity contribution in [3.05, 3.63) is 28.8 Å². The third-order valence-electron chi connectivity index (χ3n) is 4.30. The molecule has 1 saturated carbocycles. The summed E-state index contributed by atoms with van der Waals surface area (Å²) in [6, 6.07) is 5.31. The molecule has 0 saturated heterocycles. The second-order valence-electron chi connectivity index (χ2n) is 6.29. The predicted molar refractivity (Wildman–Crippen MR) is 92.2 cm³/mol. The summed E-state index contributed by atoms with van der Waals surface area (Å²) in [7, 11) is 0. The van der Waals surface area contributed by atoms with Crippen molar-refractivity contribution >= 4 is 23.5 Å². The van der Waals surface area contributed by atoms with Crippen molar-refractivity contribution < 1.29 is 19.1 Å². The lowest BCUT2D eigenvalue weighted by Crippen LogP contribution is -2.43. The number of ether oxygens (including phenoxy) is 2. The SMILES string of the molecule is Cc1cc(Cl)ccc1OCC(=O)OCC(=O)N[C@@H]1CCCC[C@@H]1C. The molecule has 0 radical (unpaired) electrons. The van der Waals surface area contributed by atoms with Gasteiger partial charge in [-0.15, -0.1) is 0 Å². The number of rotatable bonds is 6. The number of amides is 1. The van der Waals surface area contributed by atoms with Gasteiger partial charge in [-0.2, -0.15) is 0 Å². The van der Waals surface area contributed by atoms with E-state index in [0.29, 0.717) is 16.7 Å². The first-order chi connectivity index (χ1) is 11.5. The fraction of sp³-hybridized carbons (Fsp3) is 0.556. The zero-order chi connectivity index (χ0) is 17.5. The Labute approximate surface area is 147 Å². The normalized spacial score (nSPS) is 20.3. The molecule has 5 nitrogen and oxygen atoms in total. The summed E-state index contributed by atoms with van der Waals surface area (Å²) in [6.45, 7) is 3.46. The van der Waals surface area contributed by atoms with Crippen LogP contribution in [0.25, 0.3) is 0 Å². The molecule has 0 spiro atoms. The number of carbonyl (C=O) groups excluding carboxylic acids is 2. The molecule has 0 aliphatic heterocycles. The van der Waals surface area contributed by atoms with Crippen LogP contribution >= 0.6 is 11.6 Å². The van der Waals surface area contributed by atoms with Crippen LogP contribution in [0.15, 0.2) is 18.2 Å². The van der Waals surface area contributed by atoms with Crippen LogP contribution in [-0.2, 0) is 14.3 Å². The molecule has 24 heavy (non-hydrogen) atoms. The van der Waals surface area contributed by atoms with Gasteiger partial charge in [-0.25, -0.2) is 4.79 Å². The standard InChI is InChI=1S/C18H24ClNO4/c1-12-5-3-4-6-15(12)20-17(21)10-24-18(22)11-23-16-8-7-14(19)9-13(16)2/h7-9,12,15H,3-6,10-11H2,1-2H3,(H,20,21)/t12-,15+/m0/s1. The minimum atomic E-state index is -0.573. The summed E-state index contributed by atoms with van der Waals surface area (Å²) in [5, 5.41) is 3.55. The van der Waals surface area contributed by atoms with Gasteiger partial charge >= 0.3 is 5.97 Å². The number of halogens is 1. The Hall–Kier alpha value is -1.75. The van der Waals surface area contributed by atoms with E-state index in [2.05, 4.69) is 12.2 Å². The van der Waals surface area contributed by atoms with Gasteiger partial charge in [0.15, 0.2) is 13.2 Å². The van der Waals surface area contributed by atoms with Gasteiger partial charge in [-0.1, -0.05) is 31.4 Å². The molecule has 0 aromatic heterocycles. The Balaban J connectivity index is 1.69. The van der Waals surface area contributed by atoms with Gasteiger partial charge in [0.05, 0.1) is 0 Å². The molecule has 2 atom stereocenters. The van der Waals surface area contributed by atoms with Crippen molar-refractivity contribution in [3.63, 3.8) is 0 Å². The van der Waals surface area contributed by atoms with Crippen LogP contribution in [0.1, 0.15) is 38.2 Å². The number of hydrogen-bond donors (Lipinski definition) is 1. The van der Waals surface area contributed by atoms with E-state index in [1.54, 1.807) is 18.2 Å². The first kappa shape index (κ1) is 18.6. The molecule has 0 unspecified atom stereocenters. The molecule has 1 aromatic rings. The topological polar surface area (TPSA) is 64.6 Å². The van der Waals surface area contributed by atoms with Crippen LogP contribution in [-0.4, -0.2) is 31.1 Å². The number of esters is 1. The lowest BCUT2D eigenvalue weighted by Gasteiger charge is -2.29. The van der Waals surface area contributed by atoms with Crippen molar-refractivity contribution in [1.82, 2.24) is 5.32 Å². The number of nitrogens with one attached hydrogen (secondary N) is 1. The highest BCUT2D eigenvalue weighted by Gasteiger charge is 2.23. The zero-order valence-corrected chi connectivity index (χ0v) is 14.9. The lowest BCUT2D eigenvalue weighted by atomic mass is 9.86. The van der Waals surface area contributed by atoms with E-state index in [9.17, 15) is 9.59 Å². The zero-order valence-electron chi connectivity index (χ0n) is 14.1. The minimum Gasteiger partial charge on any atom is -0.482 e. The summed E-state index contributed by atoms with van der Waals surface area (Å²) >= 11 is 5.86. The van der Waals surface area contributed by atoms with Crippen molar-refractivity contribution in [2.45, 2.75) is 45.6 Å². The van der Waals surface area contributed by atoms with Crippen LogP contribution in [0.4, 0.5) is 0 Å². The van der Waals surface area contributed by atoms with Crippen molar-refractivity contribution in [2.75, 3.05) is 13.2 Å². The van der Waals surface area contributed by atoms with E-state index >= 15 is 0 Å². The van der Waals surface area contributed by atoms with Crippen molar-refractivity contribution in [1.29, 1.82) is 0 Å². The molecule has 132 valence electrons. The molecule has 1 N–H and O–H groups in total. The highest BCUT2D eigenvalue weighted by atomic mass is 35.5. The first-order valence-electron chi connectivity index (χ1n) is 8.29. The van der Waals surface area contributed by atoms with Crippen LogP contribution in [0.3, 0.4) is 0 Å². The predicted octanol–water partition coefficient (Wildman–Crippen LogP) is 3.27. The van der Waals surface area contributed by atoms with Crippen LogP contribution in [0, 0.1) is 12.8 Å². The van der Waals surface area contributed by atoms with Gasteiger partial charge in [0.2, 0.25) is 0 Å². The fourth-order valence-electron chi connectivity index (χ4n) is 2.88. The first-order valence-corrected chi connectivity index (χ1v) is 8.67. The molecule has 1 aromatic carbocycles. The average Bonchev–Trinajstić information content (AvgIpc) is 2.54. The molecular formula is C18H24ClNO4. The Morgan fingerprint density at radius 1 is 1.25 bits per heavy atom. The van der Waals surface area contributed by atoms with Crippen LogP contribution < -0.4 is 10.1 Å². The summed E-state index contributed by atoms with van der Waals surface area (Å²) < 4.78 is 10.4. The molecule has 1 fully saturated rings. The molecule has 6 heteroatoms. The third kappa shape index (κ3) is 5.71. The molecule has 2 rings (SSSR count). The van der Waals surface area contributed by atoms with E-state index < -0.39 is 5.97 Å². The quantitative estimate of drug-likeness (QED) is 0.797. The maximum atomic E-state index is 11.9. The van der Waals surface area contributed by atoms with Crippen molar-refractivity contribution in [2.24, 2.45) is 5.92 Å². The number of benzene rings is 1. The van der Waals surface area contributed by atoms with Gasteiger partial charge in [-0.05, 0) is 49.4 Å². The number of carbonyl (C=O) groups is 2. The third-order valence-corrected chi connectivity index (χ3v) is 4.54. The Bertz CT molecular complexity index is 590. The molecular weight excluding hydrogens is 330 g/mol. The lowest BCUT2D eigenvalue weighted by molar-refractivity contribution is -0.150. The van der Waals surface area contributed by atoms with Gasteiger partial charge in [-0.3, -0.25) is 4.79 Å². The molecule has 0 bridgehead atoms. The number of hydrogen-bond acceptors (Lipinski definition) is 4. The van der Waals surface area contributed by atoms with E-state index in [-0.39, 0.29) is 25.2 Å². The second-order valence-corrected chi connectivity index (χ2v) is 6.73. The second kappa shape index (κ2) is 8.92. The molecule has 0 heterocycles. The smallest absolute Gasteiger partial charge is 0.344 e. The fourth-order valence-corrected chi connectivity index (χ4v) is 3.10. The van der Waals surface area contributed by atoms with Gasteiger partial charge < -0.3 is 14.8 Å². The number of aryl methyl sites for hydroxylation is 1. The van der Waals surface area contributed by atoms with E-state index in [1.165, 1.54) is 6.42 Å². The van der Waals surface area contributed by atoms with Crippen LogP contribution in [0.2, 0.25) is 5.02 Å². The Morgan fingerprint density at radius 2 is 2.00 bits per heavy atom. The average molecular weight is 354 g/mol. The van der Waals surface area contributed by atoms with Crippen molar-refractivity contribution in [3.8, 4) is 5.75 Å². The maximum Gasteiger partial charge on any atom is 0.344 e. The largest absolute Gasteiger partial charge is 0.482 e. The Kier molecular flexibility index (Phi) is 6.91. The summed E-state index contributed by atoms with van der Waals surface area (Å²) in [5.74, 6) is 0.201. The van der Waals surface area contributed by atoms with Crippen LogP contribution in [0.5, 0.6) is 5.75 Å². The summed E-state index contributed by atoms with van der Waals surface area (Å²) in [4.78, 5) is 23.6. The molecule has 1 amide bonds. The highest BCUT2D eigenvalue weighted by Crippen LogP contribution is 2.23. The summed E-state index contributed by atoms with van der Waals surface area (Å²) in [5.41, 5.74) is 0.833. The minimum absolute atomic E-state index is 0.179. The van der Waals surface area contributed by atoms with E-state index in [1.807, 2.05) is 6.92 Å².